The Balaban J connectivity index is 1.62. The fraction of sp³-hybridized carbons (Fsp3) is 0.242. The van der Waals surface area contributed by atoms with Crippen LogP contribution in [0.1, 0.15) is 32.6 Å². The average molecular weight is 622 g/mol. The van der Waals surface area contributed by atoms with Crippen molar-refractivity contribution in [2.45, 2.75) is 18.4 Å². The molecule has 0 atom stereocenters. The van der Waals surface area contributed by atoms with Gasteiger partial charge in [-0.25, -0.2) is 4.79 Å². The Labute approximate surface area is 249 Å². The van der Waals surface area contributed by atoms with E-state index in [2.05, 4.69) is 15.9 Å². The van der Waals surface area contributed by atoms with E-state index in [9.17, 15) is 4.79 Å². The predicted octanol–water partition coefficient (Wildman–Crippen LogP) is 6.98. The topological polar surface area (TPSA) is 72.5 Å². The van der Waals surface area contributed by atoms with Crippen LogP contribution in [0.5, 0.6) is 23.0 Å². The molecule has 0 fully saturated rings. The largest absolute Gasteiger partial charge is 0.496 e. The number of carbonyl (C=O) groups is 1. The maximum Gasteiger partial charge on any atom is 0.343 e. The van der Waals surface area contributed by atoms with Gasteiger partial charge >= 0.3 is 5.97 Å². The monoisotopic (exact) mass is 620 g/mol. The van der Waals surface area contributed by atoms with Crippen molar-refractivity contribution in [3.63, 3.8) is 0 Å². The number of esters is 1. The van der Waals surface area contributed by atoms with Crippen LogP contribution in [0, 0.1) is 0 Å². The summed E-state index contributed by atoms with van der Waals surface area (Å²) in [5.41, 5.74) is 4.17. The van der Waals surface area contributed by atoms with Crippen LogP contribution in [-0.4, -0.2) is 40.2 Å². The van der Waals surface area contributed by atoms with Gasteiger partial charge in [-0.05, 0) is 48.0 Å². The van der Waals surface area contributed by atoms with Gasteiger partial charge in [0.1, 0.15) is 29.6 Å². The van der Waals surface area contributed by atoms with Crippen LogP contribution < -0.4 is 18.9 Å². The Morgan fingerprint density at radius 1 is 0.756 bits per heavy atom. The Morgan fingerprint density at radius 3 is 2.17 bits per heavy atom. The van der Waals surface area contributed by atoms with Crippen molar-refractivity contribution in [2.24, 2.45) is 0 Å². The van der Waals surface area contributed by atoms with Gasteiger partial charge in [0.25, 0.3) is 0 Å². The van der Waals surface area contributed by atoms with Crippen LogP contribution >= 0.6 is 15.9 Å². The molecule has 7 nitrogen and oxygen atoms in total. The van der Waals surface area contributed by atoms with Gasteiger partial charge < -0.3 is 28.4 Å². The summed E-state index contributed by atoms with van der Waals surface area (Å²) < 4.78 is 34.2. The van der Waals surface area contributed by atoms with Gasteiger partial charge in [0.05, 0.1) is 25.9 Å². The van der Waals surface area contributed by atoms with Crippen molar-refractivity contribution in [3.8, 4) is 23.0 Å². The SMILES string of the molecule is COCCOCOc1ccc(OC(=O)c2ccccc2)cc1Cc1cc(OCc2ccccc2)cc(CBr)c1OC. The number of benzene rings is 4. The predicted molar refractivity (Wildman–Crippen MR) is 160 cm³/mol. The lowest BCUT2D eigenvalue weighted by Crippen LogP contribution is -2.10. The molecular formula is C33H33BrO7. The minimum atomic E-state index is -0.441. The van der Waals surface area contributed by atoms with Crippen LogP contribution in [0.2, 0.25) is 0 Å². The molecule has 4 rings (SSSR count). The zero-order valence-corrected chi connectivity index (χ0v) is 24.7. The lowest BCUT2D eigenvalue weighted by atomic mass is 10.00. The number of ether oxygens (including phenoxy) is 6. The van der Waals surface area contributed by atoms with E-state index in [4.69, 9.17) is 28.4 Å². The number of carbonyl (C=O) groups excluding carboxylic acids is 1. The second-order valence-corrected chi connectivity index (χ2v) is 9.61. The fourth-order valence-corrected chi connectivity index (χ4v) is 4.61. The van der Waals surface area contributed by atoms with Crippen LogP contribution in [0.25, 0.3) is 0 Å². The van der Waals surface area contributed by atoms with E-state index in [1.165, 1.54) is 0 Å². The molecule has 4 aromatic carbocycles. The molecule has 0 saturated heterocycles. The summed E-state index contributed by atoms with van der Waals surface area (Å²) in [6, 6.07) is 28.1. The van der Waals surface area contributed by atoms with Crippen molar-refractivity contribution in [2.75, 3.05) is 34.2 Å². The second-order valence-electron chi connectivity index (χ2n) is 9.05. The normalized spacial score (nSPS) is 10.7. The lowest BCUT2D eigenvalue weighted by Gasteiger charge is -2.18. The maximum atomic E-state index is 12.7. The molecule has 0 radical (unpaired) electrons. The summed E-state index contributed by atoms with van der Waals surface area (Å²) in [5, 5.41) is 0.580. The number of alkyl halides is 1. The fourth-order valence-electron chi connectivity index (χ4n) is 4.19. The standard InChI is InChI=1S/C33H33BrO7/c1-36-15-16-38-23-40-31-14-13-29(41-33(35)25-11-7-4-8-12-25)18-26(31)17-27-19-30(20-28(21-34)32(27)37-2)39-22-24-9-5-3-6-10-24/h3-14,18-20H,15-17,21-23H2,1-2H3. The average Bonchev–Trinajstić information content (AvgIpc) is 3.01. The zero-order chi connectivity index (χ0) is 28.9. The molecule has 0 heterocycles. The molecule has 0 spiro atoms. The van der Waals surface area contributed by atoms with Gasteiger partial charge in [-0.15, -0.1) is 0 Å². The smallest absolute Gasteiger partial charge is 0.343 e. The van der Waals surface area contributed by atoms with Gasteiger partial charge in [-0.1, -0.05) is 64.5 Å². The lowest BCUT2D eigenvalue weighted by molar-refractivity contribution is -0.00885. The first-order chi connectivity index (χ1) is 20.1. The van der Waals surface area contributed by atoms with Gasteiger partial charge in [0.15, 0.2) is 6.79 Å². The van der Waals surface area contributed by atoms with E-state index in [-0.39, 0.29) is 6.79 Å². The molecular weight excluding hydrogens is 588 g/mol. The molecule has 0 aromatic heterocycles. The Kier molecular flexibility index (Phi) is 11.6. The minimum Gasteiger partial charge on any atom is -0.496 e. The van der Waals surface area contributed by atoms with Gasteiger partial charge in [0, 0.05) is 35.6 Å². The first kappa shape index (κ1) is 30.1. The van der Waals surface area contributed by atoms with Gasteiger partial charge in [-0.2, -0.15) is 0 Å². The molecule has 0 N–H and O–H groups in total. The Bertz CT molecular complexity index is 1390. The van der Waals surface area contributed by atoms with Gasteiger partial charge in [0.2, 0.25) is 0 Å². The molecule has 8 heteroatoms. The van der Waals surface area contributed by atoms with Crippen molar-refractivity contribution < 1.29 is 33.2 Å². The van der Waals surface area contributed by atoms with Crippen molar-refractivity contribution in [3.05, 3.63) is 119 Å². The zero-order valence-electron chi connectivity index (χ0n) is 23.1. The third-order valence-electron chi connectivity index (χ3n) is 6.18. The number of hydrogen-bond donors (Lipinski definition) is 0. The Hall–Kier alpha value is -3.85. The maximum absolute atomic E-state index is 12.7. The van der Waals surface area contributed by atoms with E-state index in [1.54, 1.807) is 56.7 Å². The van der Waals surface area contributed by atoms with E-state index < -0.39 is 5.97 Å². The van der Waals surface area contributed by atoms with E-state index in [1.807, 2.05) is 48.5 Å². The molecule has 0 aliphatic heterocycles. The van der Waals surface area contributed by atoms with Gasteiger partial charge in [-0.3, -0.25) is 0 Å². The first-order valence-corrected chi connectivity index (χ1v) is 14.3. The Morgan fingerprint density at radius 2 is 1.46 bits per heavy atom. The minimum absolute atomic E-state index is 0.0452. The summed E-state index contributed by atoms with van der Waals surface area (Å²) in [4.78, 5) is 12.7. The molecule has 0 aliphatic carbocycles. The van der Waals surface area contributed by atoms with E-state index in [0.29, 0.717) is 48.6 Å². The summed E-state index contributed by atoms with van der Waals surface area (Å²) in [7, 11) is 3.26. The third kappa shape index (κ3) is 8.82. The summed E-state index contributed by atoms with van der Waals surface area (Å²) >= 11 is 3.58. The summed E-state index contributed by atoms with van der Waals surface area (Å²) in [6.07, 6.45) is 0.426. The molecule has 4 aromatic rings. The highest BCUT2D eigenvalue weighted by molar-refractivity contribution is 9.08. The molecule has 41 heavy (non-hydrogen) atoms. The summed E-state index contributed by atoms with van der Waals surface area (Å²) in [5.74, 6) is 2.01. The first-order valence-electron chi connectivity index (χ1n) is 13.1. The van der Waals surface area contributed by atoms with E-state index in [0.717, 1.165) is 33.8 Å². The number of halogens is 1. The highest BCUT2D eigenvalue weighted by atomic mass is 79.9. The van der Waals surface area contributed by atoms with Crippen molar-refractivity contribution in [1.29, 1.82) is 0 Å². The van der Waals surface area contributed by atoms with Crippen LogP contribution in [0.4, 0.5) is 0 Å². The number of rotatable bonds is 15. The molecule has 0 aliphatic rings. The summed E-state index contributed by atoms with van der Waals surface area (Å²) in [6.45, 7) is 1.35. The molecule has 0 saturated carbocycles. The quantitative estimate of drug-likeness (QED) is 0.0467. The second kappa shape index (κ2) is 15.8. The van der Waals surface area contributed by atoms with Crippen molar-refractivity contribution >= 4 is 21.9 Å². The third-order valence-corrected chi connectivity index (χ3v) is 6.78. The highest BCUT2D eigenvalue weighted by Crippen LogP contribution is 2.36. The van der Waals surface area contributed by atoms with E-state index >= 15 is 0 Å². The number of hydrogen-bond acceptors (Lipinski definition) is 7. The molecule has 0 bridgehead atoms. The number of methoxy groups -OCH3 is 2. The van der Waals surface area contributed by atoms with Crippen LogP contribution in [0.15, 0.2) is 91.0 Å². The van der Waals surface area contributed by atoms with Crippen molar-refractivity contribution in [1.82, 2.24) is 0 Å². The molecule has 0 unspecified atom stereocenters. The highest BCUT2D eigenvalue weighted by Gasteiger charge is 2.17. The van der Waals surface area contributed by atoms with Crippen LogP contribution in [-0.2, 0) is 27.8 Å². The molecule has 0 amide bonds. The molecule has 214 valence electrons. The van der Waals surface area contributed by atoms with Crippen LogP contribution in [0.3, 0.4) is 0 Å².